The number of anilines is 1. The molecule has 5 heteroatoms. The van der Waals surface area contributed by atoms with Crippen LogP contribution in [0.1, 0.15) is 43.3 Å². The summed E-state index contributed by atoms with van der Waals surface area (Å²) in [7, 11) is 2.04. The van der Waals surface area contributed by atoms with Gasteiger partial charge in [-0.3, -0.25) is 0 Å². The number of rotatable bonds is 2. The third-order valence-electron chi connectivity index (χ3n) is 3.99. The third-order valence-corrected chi connectivity index (χ3v) is 5.18. The molecule has 106 valence electrons. The van der Waals surface area contributed by atoms with Crippen LogP contribution in [0.4, 0.5) is 5.13 Å². The van der Waals surface area contributed by atoms with Gasteiger partial charge in [0, 0.05) is 18.0 Å². The van der Waals surface area contributed by atoms with E-state index < -0.39 is 0 Å². The standard InChI is InChI=1S/C14H23N3OS/c1-14(2)9-17(7-8-18-14)13-16-12-10(15-3)5-4-6-11(12)19-13/h10,15H,4-9H2,1-3H3. The second kappa shape index (κ2) is 5.04. The molecule has 2 aliphatic rings. The first-order valence-corrected chi connectivity index (χ1v) is 7.96. The molecular weight excluding hydrogens is 258 g/mol. The van der Waals surface area contributed by atoms with Crippen molar-refractivity contribution in [1.82, 2.24) is 10.3 Å². The van der Waals surface area contributed by atoms with Crippen molar-refractivity contribution in [3.8, 4) is 0 Å². The molecule has 1 aliphatic heterocycles. The summed E-state index contributed by atoms with van der Waals surface area (Å²) in [5.41, 5.74) is 1.23. The lowest BCUT2D eigenvalue weighted by Crippen LogP contribution is -2.48. The SMILES string of the molecule is CNC1CCCc2sc(N3CCOC(C)(C)C3)nc21. The highest BCUT2D eigenvalue weighted by molar-refractivity contribution is 7.15. The Morgan fingerprint density at radius 2 is 2.32 bits per heavy atom. The molecule has 1 aliphatic carbocycles. The fourth-order valence-corrected chi connectivity index (χ4v) is 4.19. The summed E-state index contributed by atoms with van der Waals surface area (Å²) >= 11 is 1.88. The minimum absolute atomic E-state index is 0.0627. The van der Waals surface area contributed by atoms with Gasteiger partial charge in [-0.1, -0.05) is 0 Å². The Bertz CT molecular complexity index is 458. The van der Waals surface area contributed by atoms with Gasteiger partial charge in [0.15, 0.2) is 5.13 Å². The van der Waals surface area contributed by atoms with Crippen LogP contribution in [0.15, 0.2) is 0 Å². The lowest BCUT2D eigenvalue weighted by atomic mass is 9.98. The number of hydrogen-bond donors (Lipinski definition) is 1. The van der Waals surface area contributed by atoms with Crippen LogP contribution in [0, 0.1) is 0 Å². The molecule has 0 aromatic carbocycles. The van der Waals surface area contributed by atoms with Gasteiger partial charge in [0.1, 0.15) is 0 Å². The van der Waals surface area contributed by atoms with Gasteiger partial charge in [0.2, 0.25) is 0 Å². The van der Waals surface area contributed by atoms with Gasteiger partial charge < -0.3 is 15.0 Å². The quantitative estimate of drug-likeness (QED) is 0.903. The first kappa shape index (κ1) is 13.3. The molecule has 2 heterocycles. The summed E-state index contributed by atoms with van der Waals surface area (Å²) in [6.07, 6.45) is 3.68. The maximum atomic E-state index is 5.78. The third kappa shape index (κ3) is 2.64. The van der Waals surface area contributed by atoms with Gasteiger partial charge in [-0.15, -0.1) is 11.3 Å². The maximum absolute atomic E-state index is 5.78. The molecule has 0 spiro atoms. The highest BCUT2D eigenvalue weighted by Crippen LogP contribution is 2.37. The van der Waals surface area contributed by atoms with Crippen molar-refractivity contribution >= 4 is 16.5 Å². The Kier molecular flexibility index (Phi) is 3.53. The number of aromatic nitrogens is 1. The van der Waals surface area contributed by atoms with E-state index in [1.54, 1.807) is 0 Å². The number of fused-ring (bicyclic) bond motifs is 1. The van der Waals surface area contributed by atoms with Crippen LogP contribution in [-0.4, -0.2) is 37.3 Å². The first-order chi connectivity index (χ1) is 9.09. The van der Waals surface area contributed by atoms with Gasteiger partial charge >= 0.3 is 0 Å². The molecule has 1 saturated heterocycles. The minimum Gasteiger partial charge on any atom is -0.372 e. The number of hydrogen-bond acceptors (Lipinski definition) is 5. The molecule has 19 heavy (non-hydrogen) atoms. The van der Waals surface area contributed by atoms with Gasteiger partial charge in [0.05, 0.1) is 23.9 Å². The second-order valence-electron chi connectivity index (χ2n) is 6.07. The summed E-state index contributed by atoms with van der Waals surface area (Å²) in [5.74, 6) is 0. The monoisotopic (exact) mass is 281 g/mol. The Labute approximate surface area is 119 Å². The normalized spacial score (nSPS) is 26.3. The topological polar surface area (TPSA) is 37.4 Å². The molecule has 4 nitrogen and oxygen atoms in total. The van der Waals surface area contributed by atoms with Crippen molar-refractivity contribution in [3.05, 3.63) is 10.6 Å². The highest BCUT2D eigenvalue weighted by atomic mass is 32.1. The average molecular weight is 281 g/mol. The molecule has 0 amide bonds. The van der Waals surface area contributed by atoms with Crippen LogP contribution in [-0.2, 0) is 11.2 Å². The van der Waals surface area contributed by atoms with E-state index in [0.717, 1.165) is 19.7 Å². The van der Waals surface area contributed by atoms with Crippen LogP contribution >= 0.6 is 11.3 Å². The second-order valence-corrected chi connectivity index (χ2v) is 7.13. The maximum Gasteiger partial charge on any atom is 0.186 e. The van der Waals surface area contributed by atoms with Gasteiger partial charge in [-0.25, -0.2) is 4.98 Å². The van der Waals surface area contributed by atoms with Crippen molar-refractivity contribution in [2.45, 2.75) is 44.8 Å². The zero-order chi connectivity index (χ0) is 13.5. The molecule has 0 bridgehead atoms. The number of morpholine rings is 1. The summed E-state index contributed by atoms with van der Waals surface area (Å²) < 4.78 is 5.78. The average Bonchev–Trinajstić information content (AvgIpc) is 2.81. The fourth-order valence-electron chi connectivity index (χ4n) is 3.00. The largest absolute Gasteiger partial charge is 0.372 e. The van der Waals surface area contributed by atoms with E-state index in [0.29, 0.717) is 6.04 Å². The van der Waals surface area contributed by atoms with E-state index in [2.05, 4.69) is 24.1 Å². The summed E-state index contributed by atoms with van der Waals surface area (Å²) in [4.78, 5) is 8.78. The zero-order valence-corrected chi connectivity index (χ0v) is 12.8. The van der Waals surface area contributed by atoms with E-state index in [1.807, 2.05) is 18.4 Å². The van der Waals surface area contributed by atoms with Crippen molar-refractivity contribution in [2.24, 2.45) is 0 Å². The Morgan fingerprint density at radius 3 is 3.05 bits per heavy atom. The van der Waals surface area contributed by atoms with E-state index >= 15 is 0 Å². The number of nitrogens with one attached hydrogen (secondary N) is 1. The molecule has 1 N–H and O–H groups in total. The smallest absolute Gasteiger partial charge is 0.186 e. The fraction of sp³-hybridized carbons (Fsp3) is 0.786. The molecule has 1 unspecified atom stereocenters. The van der Waals surface area contributed by atoms with Crippen LogP contribution < -0.4 is 10.2 Å². The Balaban J connectivity index is 1.84. The number of nitrogens with zero attached hydrogens (tertiary/aromatic N) is 2. The van der Waals surface area contributed by atoms with Crippen molar-refractivity contribution < 1.29 is 4.74 Å². The molecule has 1 fully saturated rings. The molecule has 1 aromatic rings. The number of thiazole rings is 1. The first-order valence-electron chi connectivity index (χ1n) is 7.15. The van der Waals surface area contributed by atoms with Crippen LogP contribution in [0.5, 0.6) is 0 Å². The Morgan fingerprint density at radius 1 is 1.47 bits per heavy atom. The molecule has 0 radical (unpaired) electrons. The van der Waals surface area contributed by atoms with Gasteiger partial charge in [0.25, 0.3) is 0 Å². The molecule has 1 atom stereocenters. The zero-order valence-electron chi connectivity index (χ0n) is 12.0. The van der Waals surface area contributed by atoms with Crippen molar-refractivity contribution in [3.63, 3.8) is 0 Å². The van der Waals surface area contributed by atoms with E-state index in [1.165, 1.54) is 35.0 Å². The summed E-state index contributed by atoms with van der Waals surface area (Å²) in [6.45, 7) is 7.00. The van der Waals surface area contributed by atoms with Crippen molar-refractivity contribution in [2.75, 3.05) is 31.6 Å². The molecule has 3 rings (SSSR count). The van der Waals surface area contributed by atoms with Crippen molar-refractivity contribution in [1.29, 1.82) is 0 Å². The van der Waals surface area contributed by atoms with Crippen LogP contribution in [0.2, 0.25) is 0 Å². The molecular formula is C14H23N3OS. The highest BCUT2D eigenvalue weighted by Gasteiger charge is 2.31. The predicted molar refractivity (Wildman–Crippen MR) is 79.1 cm³/mol. The lowest BCUT2D eigenvalue weighted by Gasteiger charge is -2.38. The Hall–Kier alpha value is -0.650. The van der Waals surface area contributed by atoms with Gasteiger partial charge in [-0.05, 0) is 40.2 Å². The number of aryl methyl sites for hydroxylation is 1. The molecule has 0 saturated carbocycles. The van der Waals surface area contributed by atoms with Crippen LogP contribution in [0.25, 0.3) is 0 Å². The van der Waals surface area contributed by atoms with E-state index in [9.17, 15) is 0 Å². The van der Waals surface area contributed by atoms with Crippen LogP contribution in [0.3, 0.4) is 0 Å². The summed E-state index contributed by atoms with van der Waals surface area (Å²) in [6, 6.07) is 0.447. The predicted octanol–water partition coefficient (Wildman–Crippen LogP) is 2.36. The lowest BCUT2D eigenvalue weighted by molar-refractivity contribution is -0.0277. The van der Waals surface area contributed by atoms with E-state index in [-0.39, 0.29) is 5.60 Å². The number of ether oxygens (including phenoxy) is 1. The minimum atomic E-state index is -0.0627. The van der Waals surface area contributed by atoms with E-state index in [4.69, 9.17) is 9.72 Å². The molecule has 1 aromatic heterocycles. The van der Waals surface area contributed by atoms with Gasteiger partial charge in [-0.2, -0.15) is 0 Å². The summed E-state index contributed by atoms with van der Waals surface area (Å²) in [5, 5.41) is 4.58.